The van der Waals surface area contributed by atoms with Crippen LogP contribution in [-0.4, -0.2) is 4.57 Å². The summed E-state index contributed by atoms with van der Waals surface area (Å²) in [7, 11) is 0. The van der Waals surface area contributed by atoms with Crippen LogP contribution in [0.5, 0.6) is 0 Å². The van der Waals surface area contributed by atoms with E-state index in [1.807, 2.05) is 12.1 Å². The zero-order valence-corrected chi connectivity index (χ0v) is 33.6. The molecule has 0 N–H and O–H groups in total. The number of hydrogen-bond acceptors (Lipinski definition) is 3. The van der Waals surface area contributed by atoms with E-state index in [9.17, 15) is 0 Å². The van der Waals surface area contributed by atoms with E-state index < -0.39 is 0 Å². The van der Waals surface area contributed by atoms with Gasteiger partial charge in [0.15, 0.2) is 0 Å². The van der Waals surface area contributed by atoms with Gasteiger partial charge in [-0.3, -0.25) is 0 Å². The van der Waals surface area contributed by atoms with Gasteiger partial charge < -0.3 is 18.3 Å². The predicted molar refractivity (Wildman–Crippen MR) is 256 cm³/mol. The van der Waals surface area contributed by atoms with E-state index in [1.165, 1.54) is 22.2 Å². The largest absolute Gasteiger partial charge is 0.455 e. The van der Waals surface area contributed by atoms with Crippen LogP contribution in [0, 0.1) is 12.1 Å². The van der Waals surface area contributed by atoms with E-state index >= 15 is 0 Å². The van der Waals surface area contributed by atoms with Crippen molar-refractivity contribution >= 4 is 88.7 Å². The Bertz CT molecular complexity index is 3750. The average Bonchev–Trinajstić information content (AvgIpc) is 4.03. The van der Waals surface area contributed by atoms with Crippen LogP contribution in [0.3, 0.4) is 0 Å². The first-order chi connectivity index (χ1) is 30.8. The lowest BCUT2D eigenvalue weighted by Gasteiger charge is -2.25. The fourth-order valence-electron chi connectivity index (χ4n) is 9.90. The Morgan fingerprint density at radius 3 is 2.16 bits per heavy atom. The standard InChI is InChI=1S/C58H36N2O2/c1-2-15-43-37(13-1)31-36-49-56-53(24-12-26-55(56)62-58(43)49)59(41-34-29-39(30-35-41)44-19-11-20-48-47-18-6-10-25-54(47)61-57(44)48)40-32-27-38(28-33-40)42-14-3-7-21-50(42)60-51-22-8-4-16-45(51)46-17-5-9-23-52(46)60/h1-8,10-22,24-27,29-32,34-36H,9,23H2. The highest BCUT2D eigenvalue weighted by molar-refractivity contribution is 6.19. The predicted octanol–water partition coefficient (Wildman–Crippen LogP) is 15.9. The van der Waals surface area contributed by atoms with Crippen LogP contribution in [0.4, 0.5) is 17.1 Å². The molecule has 0 saturated carbocycles. The lowest BCUT2D eigenvalue weighted by Crippen LogP contribution is -2.10. The Morgan fingerprint density at radius 2 is 1.26 bits per heavy atom. The van der Waals surface area contributed by atoms with E-state index in [2.05, 4.69) is 204 Å². The number of nitrogens with zero attached hydrogens (tertiary/aromatic N) is 2. The smallest absolute Gasteiger partial charge is 0.143 e. The van der Waals surface area contributed by atoms with Gasteiger partial charge in [0.25, 0.3) is 0 Å². The molecule has 0 spiro atoms. The SMILES string of the molecule is c1c(-c2ccccc2-n2c3c(c4ccccc42)C=CCC3)ccc(N(c2ccc(-c3cccc4c3oc3ccccc34)cc2)c2cccc3oc4c5ccccc5ccc4c23)c#1. The quantitative estimate of drug-likeness (QED) is 0.168. The molecule has 0 unspecified atom stereocenters. The third kappa shape index (κ3) is 5.22. The molecule has 0 fully saturated rings. The zero-order chi connectivity index (χ0) is 40.7. The number of furan rings is 2. The number of aromatic nitrogens is 1. The van der Waals surface area contributed by atoms with Crippen molar-refractivity contribution in [3.8, 4) is 27.9 Å². The maximum absolute atomic E-state index is 6.70. The van der Waals surface area contributed by atoms with E-state index in [0.717, 1.165) is 112 Å². The van der Waals surface area contributed by atoms with Gasteiger partial charge in [-0.15, -0.1) is 0 Å². The fourth-order valence-corrected chi connectivity index (χ4v) is 9.90. The molecule has 1 aliphatic rings. The molecule has 0 amide bonds. The molecule has 13 rings (SSSR count). The van der Waals surface area contributed by atoms with Crippen LogP contribution >= 0.6 is 0 Å². The summed E-state index contributed by atoms with van der Waals surface area (Å²) in [4.78, 5) is 2.28. The van der Waals surface area contributed by atoms with Crippen molar-refractivity contribution in [2.75, 3.05) is 4.90 Å². The van der Waals surface area contributed by atoms with Gasteiger partial charge in [0, 0.05) is 60.6 Å². The highest BCUT2D eigenvalue weighted by atomic mass is 16.3. The van der Waals surface area contributed by atoms with Crippen molar-refractivity contribution in [1.29, 1.82) is 0 Å². The summed E-state index contributed by atoms with van der Waals surface area (Å²) in [5.41, 5.74) is 15.6. The van der Waals surface area contributed by atoms with E-state index in [4.69, 9.17) is 8.83 Å². The van der Waals surface area contributed by atoms with Crippen LogP contribution in [0.2, 0.25) is 0 Å². The molecule has 0 saturated heterocycles. The van der Waals surface area contributed by atoms with Crippen molar-refractivity contribution in [2.24, 2.45) is 0 Å². The van der Waals surface area contributed by atoms with Crippen molar-refractivity contribution < 1.29 is 8.83 Å². The van der Waals surface area contributed by atoms with Crippen LogP contribution in [-0.2, 0) is 6.42 Å². The molecule has 0 radical (unpaired) electrons. The minimum absolute atomic E-state index is 0.832. The molecule has 62 heavy (non-hydrogen) atoms. The van der Waals surface area contributed by atoms with Gasteiger partial charge in [-0.1, -0.05) is 140 Å². The molecule has 4 nitrogen and oxygen atoms in total. The first-order valence-electron chi connectivity index (χ1n) is 21.2. The van der Waals surface area contributed by atoms with Crippen molar-refractivity contribution in [1.82, 2.24) is 4.57 Å². The number of rotatable bonds is 6. The van der Waals surface area contributed by atoms with Crippen molar-refractivity contribution in [3.05, 3.63) is 211 Å². The number of hydrogen-bond donors (Lipinski definition) is 0. The number of para-hydroxylation sites is 4. The summed E-state index contributed by atoms with van der Waals surface area (Å²) < 4.78 is 15.6. The summed E-state index contributed by atoms with van der Waals surface area (Å²) in [5.74, 6) is 0. The van der Waals surface area contributed by atoms with E-state index in [1.54, 1.807) is 0 Å². The summed E-state index contributed by atoms with van der Waals surface area (Å²) in [6.45, 7) is 0. The van der Waals surface area contributed by atoms with Crippen LogP contribution < -0.4 is 4.90 Å². The second-order valence-electron chi connectivity index (χ2n) is 16.1. The molecule has 9 aromatic carbocycles. The summed E-state index contributed by atoms with van der Waals surface area (Å²) in [5, 5.41) is 7.88. The Hall–Kier alpha value is -8.26. The molecule has 4 heteroatoms. The lowest BCUT2D eigenvalue weighted by atomic mass is 10.0. The van der Waals surface area contributed by atoms with Crippen LogP contribution in [0.25, 0.3) is 99.6 Å². The molecule has 1 aliphatic carbocycles. The van der Waals surface area contributed by atoms with Crippen molar-refractivity contribution in [3.63, 3.8) is 0 Å². The maximum atomic E-state index is 6.70. The Labute approximate surface area is 357 Å². The third-order valence-electron chi connectivity index (χ3n) is 12.7. The molecule has 12 aromatic rings. The second kappa shape index (κ2) is 13.6. The second-order valence-corrected chi connectivity index (χ2v) is 16.1. The number of anilines is 3. The first kappa shape index (κ1) is 34.6. The Morgan fingerprint density at radius 1 is 0.516 bits per heavy atom. The molecular formula is C58H36N2O2. The van der Waals surface area contributed by atoms with Gasteiger partial charge in [-0.2, -0.15) is 0 Å². The van der Waals surface area contributed by atoms with Crippen LogP contribution in [0.1, 0.15) is 17.7 Å². The third-order valence-corrected chi connectivity index (χ3v) is 12.7. The topological polar surface area (TPSA) is 34.5 Å². The first-order valence-corrected chi connectivity index (χ1v) is 21.2. The fraction of sp³-hybridized carbons (Fsp3) is 0.0345. The Kier molecular flexibility index (Phi) is 7.61. The maximum Gasteiger partial charge on any atom is 0.143 e. The molecule has 290 valence electrons. The van der Waals surface area contributed by atoms with Gasteiger partial charge in [-0.05, 0) is 90.5 Å². The highest BCUT2D eigenvalue weighted by Gasteiger charge is 2.23. The normalized spacial score (nSPS) is 12.5. The minimum atomic E-state index is 0.832. The molecular weight excluding hydrogens is 757 g/mol. The van der Waals surface area contributed by atoms with Gasteiger partial charge in [0.05, 0.1) is 28.0 Å². The summed E-state index contributed by atoms with van der Waals surface area (Å²) in [6, 6.07) is 71.7. The number of benzene rings is 8. The number of fused-ring (bicyclic) bond motifs is 11. The molecule has 0 atom stereocenters. The van der Waals surface area contributed by atoms with Gasteiger partial charge in [0.1, 0.15) is 22.3 Å². The van der Waals surface area contributed by atoms with Crippen LogP contribution in [0.15, 0.2) is 197 Å². The van der Waals surface area contributed by atoms with Gasteiger partial charge in [-0.25, -0.2) is 0 Å². The molecule has 3 heterocycles. The molecule has 0 bridgehead atoms. The summed E-state index contributed by atoms with van der Waals surface area (Å²) >= 11 is 0. The minimum Gasteiger partial charge on any atom is -0.455 e. The number of allylic oxidation sites excluding steroid dienone is 1. The van der Waals surface area contributed by atoms with E-state index in [0.29, 0.717) is 0 Å². The van der Waals surface area contributed by atoms with Gasteiger partial charge in [0.2, 0.25) is 0 Å². The summed E-state index contributed by atoms with van der Waals surface area (Å²) in [6.07, 6.45) is 6.61. The highest BCUT2D eigenvalue weighted by Crippen LogP contribution is 2.45. The monoisotopic (exact) mass is 792 g/mol. The molecule has 0 aliphatic heterocycles. The van der Waals surface area contributed by atoms with E-state index in [-0.39, 0.29) is 0 Å². The zero-order valence-electron chi connectivity index (χ0n) is 33.6. The van der Waals surface area contributed by atoms with Gasteiger partial charge >= 0.3 is 0 Å². The Balaban J connectivity index is 0.972. The van der Waals surface area contributed by atoms with Crippen molar-refractivity contribution in [2.45, 2.75) is 12.8 Å². The lowest BCUT2D eigenvalue weighted by molar-refractivity contribution is 0.670. The average molecular weight is 793 g/mol. The molecule has 3 aromatic heterocycles.